The highest BCUT2D eigenvalue weighted by atomic mass is 15.2. The third-order valence-electron chi connectivity index (χ3n) is 0.619. The van der Waals surface area contributed by atoms with Gasteiger partial charge in [-0.05, 0) is 6.08 Å². The van der Waals surface area contributed by atoms with E-state index in [-0.39, 0.29) is 0 Å². The molecule has 10 heavy (non-hydrogen) atoms. The quantitative estimate of drug-likeness (QED) is 0.356. The number of rotatable bonds is 3. The fraction of sp³-hybridized carbons (Fsp3) is 0.250. The molecule has 0 fully saturated rings. The van der Waals surface area contributed by atoms with E-state index in [2.05, 4.69) is 18.6 Å². The molecule has 0 aromatic heterocycles. The molecule has 0 amide bonds. The fourth-order valence-corrected chi connectivity index (χ4v) is 0.232. The molecule has 2 heteroatoms. The average molecular weight is 140 g/mol. The number of hydrogen-bond acceptors (Lipinski definition) is 2. The van der Waals surface area contributed by atoms with Crippen molar-refractivity contribution in [1.82, 2.24) is 5.43 Å². The van der Waals surface area contributed by atoms with E-state index >= 15 is 0 Å². The van der Waals surface area contributed by atoms with Crippen LogP contribution < -0.4 is 11.3 Å². The Morgan fingerprint density at radius 2 is 2.00 bits per heavy atom. The maximum Gasteiger partial charge on any atom is 0.0413 e. The molecule has 3 N–H and O–H groups in total. The Morgan fingerprint density at radius 3 is 2.30 bits per heavy atom. The van der Waals surface area contributed by atoms with E-state index in [0.717, 1.165) is 0 Å². The van der Waals surface area contributed by atoms with E-state index in [4.69, 9.17) is 5.84 Å². The van der Waals surface area contributed by atoms with Crippen LogP contribution in [0, 0.1) is 0 Å². The highest BCUT2D eigenvalue weighted by molar-refractivity contribution is 5.15. The zero-order valence-electron chi connectivity index (χ0n) is 6.72. The third kappa shape index (κ3) is 10.1. The molecular weight excluding hydrogens is 124 g/mol. The Morgan fingerprint density at radius 1 is 1.50 bits per heavy atom. The van der Waals surface area contributed by atoms with Crippen molar-refractivity contribution in [2.45, 2.75) is 13.8 Å². The maximum absolute atomic E-state index is 4.98. The Hall–Kier alpha value is -1.02. The van der Waals surface area contributed by atoms with Crippen LogP contribution in [0.1, 0.15) is 13.8 Å². The molecule has 58 valence electrons. The van der Waals surface area contributed by atoms with Gasteiger partial charge in [-0.2, -0.15) is 0 Å². The zero-order chi connectivity index (χ0) is 8.41. The lowest BCUT2D eigenvalue weighted by atomic mass is 10.4. The van der Waals surface area contributed by atoms with Gasteiger partial charge in [0.05, 0.1) is 0 Å². The molecule has 0 bridgehead atoms. The first-order valence-electron chi connectivity index (χ1n) is 3.26. The van der Waals surface area contributed by atoms with E-state index in [1.807, 2.05) is 13.8 Å². The second-order valence-electron chi connectivity index (χ2n) is 1.26. The first-order chi connectivity index (χ1) is 4.81. The van der Waals surface area contributed by atoms with Crippen LogP contribution in [0.3, 0.4) is 0 Å². The van der Waals surface area contributed by atoms with Crippen molar-refractivity contribution in [1.29, 1.82) is 0 Å². The molecule has 2 nitrogen and oxygen atoms in total. The summed E-state index contributed by atoms with van der Waals surface area (Å²) < 4.78 is 0. The number of nitrogens with two attached hydrogens (primary N) is 1. The average Bonchev–Trinajstić information content (AvgIpc) is 2.04. The van der Waals surface area contributed by atoms with Crippen molar-refractivity contribution in [2.75, 3.05) is 0 Å². The number of nitrogens with one attached hydrogen (secondary N) is 1. The lowest BCUT2D eigenvalue weighted by Crippen LogP contribution is -2.18. The molecule has 0 unspecified atom stereocenters. The van der Waals surface area contributed by atoms with Gasteiger partial charge in [0.15, 0.2) is 0 Å². The predicted molar refractivity (Wildman–Crippen MR) is 47.1 cm³/mol. The van der Waals surface area contributed by atoms with Crippen LogP contribution in [0.5, 0.6) is 0 Å². The highest BCUT2D eigenvalue weighted by Crippen LogP contribution is 1.82. The van der Waals surface area contributed by atoms with E-state index < -0.39 is 0 Å². The Bertz CT molecular complexity index is 114. The summed E-state index contributed by atoms with van der Waals surface area (Å²) in [5, 5.41) is 0. The van der Waals surface area contributed by atoms with Gasteiger partial charge in [-0.3, -0.25) is 5.84 Å². The van der Waals surface area contributed by atoms with Crippen LogP contribution in [-0.2, 0) is 0 Å². The van der Waals surface area contributed by atoms with Crippen LogP contribution >= 0.6 is 0 Å². The lowest BCUT2D eigenvalue weighted by molar-refractivity contribution is 0.922. The monoisotopic (exact) mass is 140 g/mol. The molecule has 0 atom stereocenters. The van der Waals surface area contributed by atoms with E-state index in [0.29, 0.717) is 5.70 Å². The minimum atomic E-state index is 0.671. The van der Waals surface area contributed by atoms with Gasteiger partial charge in [-0.1, -0.05) is 39.2 Å². The van der Waals surface area contributed by atoms with Gasteiger partial charge in [-0.15, -0.1) is 0 Å². The van der Waals surface area contributed by atoms with E-state index in [1.54, 1.807) is 18.2 Å². The van der Waals surface area contributed by atoms with Crippen molar-refractivity contribution in [2.24, 2.45) is 5.84 Å². The molecule has 0 aliphatic rings. The Labute approximate surface area is 63.1 Å². The Kier molecular flexibility index (Phi) is 12.8. The Balaban J connectivity index is 0. The molecule has 0 aromatic rings. The minimum Gasteiger partial charge on any atom is -0.325 e. The second kappa shape index (κ2) is 10.9. The molecule has 0 saturated carbocycles. The smallest absolute Gasteiger partial charge is 0.0413 e. The first kappa shape index (κ1) is 11.7. The van der Waals surface area contributed by atoms with Crippen LogP contribution in [0.4, 0.5) is 0 Å². The summed E-state index contributed by atoms with van der Waals surface area (Å²) in [6.45, 7) is 11.0. The summed E-state index contributed by atoms with van der Waals surface area (Å²) in [4.78, 5) is 0. The van der Waals surface area contributed by atoms with Crippen molar-refractivity contribution < 1.29 is 0 Å². The van der Waals surface area contributed by atoms with E-state index in [9.17, 15) is 0 Å². The molecule has 0 spiro atoms. The van der Waals surface area contributed by atoms with Crippen molar-refractivity contribution in [3.05, 3.63) is 37.1 Å². The van der Waals surface area contributed by atoms with Crippen LogP contribution in [-0.4, -0.2) is 0 Å². The van der Waals surface area contributed by atoms with Gasteiger partial charge in [0.1, 0.15) is 0 Å². The predicted octanol–water partition coefficient (Wildman–Crippen LogP) is 1.73. The molecule has 0 heterocycles. The fourth-order valence-electron chi connectivity index (χ4n) is 0.232. The summed E-state index contributed by atoms with van der Waals surface area (Å²) in [6.07, 6.45) is 5.14. The number of allylic oxidation sites excluding steroid dienone is 3. The van der Waals surface area contributed by atoms with Gasteiger partial charge in [0, 0.05) is 5.70 Å². The van der Waals surface area contributed by atoms with Gasteiger partial charge >= 0.3 is 0 Å². The molecule has 0 rings (SSSR count). The van der Waals surface area contributed by atoms with E-state index in [1.165, 1.54) is 0 Å². The van der Waals surface area contributed by atoms with Crippen LogP contribution in [0.15, 0.2) is 37.1 Å². The summed E-state index contributed by atoms with van der Waals surface area (Å²) in [5.74, 6) is 4.98. The van der Waals surface area contributed by atoms with Crippen molar-refractivity contribution in [3.8, 4) is 0 Å². The largest absolute Gasteiger partial charge is 0.325 e. The second-order valence-corrected chi connectivity index (χ2v) is 1.26. The van der Waals surface area contributed by atoms with Crippen molar-refractivity contribution in [3.63, 3.8) is 0 Å². The SMILES string of the molecule is C=C/C=C\C(=C)NN.CC. The lowest BCUT2D eigenvalue weighted by Gasteiger charge is -1.92. The summed E-state index contributed by atoms with van der Waals surface area (Å²) in [6, 6.07) is 0. The standard InChI is InChI=1S/C6H10N2.C2H6/c1-3-4-5-6(2)8-7;1-2/h3-5,8H,1-2,7H2;1-2H3/b5-4-;. The molecule has 0 aliphatic heterocycles. The van der Waals surface area contributed by atoms with Gasteiger partial charge < -0.3 is 5.43 Å². The van der Waals surface area contributed by atoms with Gasteiger partial charge in [0.2, 0.25) is 0 Å². The minimum absolute atomic E-state index is 0.671. The summed E-state index contributed by atoms with van der Waals surface area (Å²) >= 11 is 0. The topological polar surface area (TPSA) is 38.0 Å². The summed E-state index contributed by atoms with van der Waals surface area (Å²) in [7, 11) is 0. The van der Waals surface area contributed by atoms with Gasteiger partial charge in [-0.25, -0.2) is 0 Å². The normalized spacial score (nSPS) is 7.90. The zero-order valence-corrected chi connectivity index (χ0v) is 6.72. The van der Waals surface area contributed by atoms with Crippen LogP contribution in [0.25, 0.3) is 0 Å². The van der Waals surface area contributed by atoms with Crippen molar-refractivity contribution >= 4 is 0 Å². The first-order valence-corrected chi connectivity index (χ1v) is 3.26. The molecule has 0 aromatic carbocycles. The number of hydrogen-bond donors (Lipinski definition) is 2. The molecular formula is C8H16N2. The maximum atomic E-state index is 4.98. The van der Waals surface area contributed by atoms with Gasteiger partial charge in [0.25, 0.3) is 0 Å². The third-order valence-corrected chi connectivity index (χ3v) is 0.619. The molecule has 0 aliphatic carbocycles. The molecule has 0 saturated heterocycles. The summed E-state index contributed by atoms with van der Waals surface area (Å²) in [5.41, 5.74) is 3.04. The highest BCUT2D eigenvalue weighted by Gasteiger charge is 1.73. The molecule has 0 radical (unpaired) electrons. The number of hydrazine groups is 1. The van der Waals surface area contributed by atoms with Crippen LogP contribution in [0.2, 0.25) is 0 Å².